The SMILES string of the molecule is CN1CCN(CCN(CC=C(c2ccccc2)c2ccccc2)[C@@H]2CCc3ccccc32)CC1. The Kier molecular flexibility index (Phi) is 7.55. The Morgan fingerprint density at radius 1 is 0.824 bits per heavy atom. The fourth-order valence-electron chi connectivity index (χ4n) is 5.48. The van der Waals surface area contributed by atoms with Crippen LogP contribution in [0.15, 0.2) is 91.0 Å². The van der Waals surface area contributed by atoms with Crippen molar-refractivity contribution in [2.24, 2.45) is 0 Å². The number of piperazine rings is 1. The zero-order valence-electron chi connectivity index (χ0n) is 20.4. The van der Waals surface area contributed by atoms with Crippen LogP contribution < -0.4 is 0 Å². The topological polar surface area (TPSA) is 9.72 Å². The minimum atomic E-state index is 0.507. The van der Waals surface area contributed by atoms with Crippen molar-refractivity contribution in [2.75, 3.05) is 52.9 Å². The summed E-state index contributed by atoms with van der Waals surface area (Å²) in [6.07, 6.45) is 4.89. The Balaban J connectivity index is 1.40. The standard InChI is InChI=1S/C31H37N3/c1-32-20-22-33(23-21-32)24-25-34(31-17-16-28-14-8-9-15-30(28)31)19-18-29(26-10-4-2-5-11-26)27-12-6-3-7-13-27/h2-15,18,31H,16-17,19-25H2,1H3/t31-/m1/s1. The van der Waals surface area contributed by atoms with Crippen LogP contribution in [0.25, 0.3) is 5.57 Å². The van der Waals surface area contributed by atoms with E-state index in [0.717, 1.165) is 19.6 Å². The first-order valence-electron chi connectivity index (χ1n) is 12.8. The minimum Gasteiger partial charge on any atom is -0.304 e. The predicted molar refractivity (Wildman–Crippen MR) is 143 cm³/mol. The summed E-state index contributed by atoms with van der Waals surface area (Å²) in [5.41, 5.74) is 6.99. The van der Waals surface area contributed by atoms with E-state index >= 15 is 0 Å². The first kappa shape index (κ1) is 23.0. The third-order valence-corrected chi connectivity index (χ3v) is 7.54. The zero-order valence-corrected chi connectivity index (χ0v) is 20.4. The van der Waals surface area contributed by atoms with Crippen LogP contribution in [0.1, 0.15) is 34.7 Å². The molecule has 0 amide bonds. The van der Waals surface area contributed by atoms with Crippen LogP contribution in [0, 0.1) is 0 Å². The summed E-state index contributed by atoms with van der Waals surface area (Å²) in [4.78, 5) is 7.82. The van der Waals surface area contributed by atoms with Crippen molar-refractivity contribution in [3.05, 3.63) is 113 Å². The first-order valence-corrected chi connectivity index (χ1v) is 12.8. The van der Waals surface area contributed by atoms with Gasteiger partial charge in [-0.3, -0.25) is 9.80 Å². The van der Waals surface area contributed by atoms with Gasteiger partial charge < -0.3 is 4.90 Å². The molecule has 176 valence electrons. The average Bonchev–Trinajstić information content (AvgIpc) is 3.32. The van der Waals surface area contributed by atoms with Crippen molar-refractivity contribution >= 4 is 5.57 Å². The fourth-order valence-corrected chi connectivity index (χ4v) is 5.48. The summed E-state index contributed by atoms with van der Waals surface area (Å²) in [6.45, 7) is 7.94. The van der Waals surface area contributed by atoms with Crippen molar-refractivity contribution in [1.29, 1.82) is 0 Å². The van der Waals surface area contributed by atoms with E-state index in [4.69, 9.17) is 0 Å². The highest BCUT2D eigenvalue weighted by Crippen LogP contribution is 2.36. The van der Waals surface area contributed by atoms with Gasteiger partial charge in [0.15, 0.2) is 0 Å². The Hall–Kier alpha value is -2.72. The molecule has 1 atom stereocenters. The summed E-state index contributed by atoms with van der Waals surface area (Å²) < 4.78 is 0. The van der Waals surface area contributed by atoms with Crippen molar-refractivity contribution < 1.29 is 0 Å². The molecule has 0 saturated carbocycles. The highest BCUT2D eigenvalue weighted by Gasteiger charge is 2.27. The normalized spacial score (nSPS) is 18.7. The van der Waals surface area contributed by atoms with E-state index in [9.17, 15) is 0 Å². The molecule has 0 N–H and O–H groups in total. The smallest absolute Gasteiger partial charge is 0.0357 e. The fraction of sp³-hybridized carbons (Fsp3) is 0.355. The maximum absolute atomic E-state index is 2.73. The Labute approximate surface area is 205 Å². The second-order valence-corrected chi connectivity index (χ2v) is 9.74. The molecule has 0 radical (unpaired) electrons. The molecule has 1 aliphatic carbocycles. The van der Waals surface area contributed by atoms with Crippen molar-refractivity contribution in [1.82, 2.24) is 14.7 Å². The molecule has 3 heteroatoms. The lowest BCUT2D eigenvalue weighted by atomic mass is 9.97. The first-order chi connectivity index (χ1) is 16.8. The monoisotopic (exact) mass is 451 g/mol. The Morgan fingerprint density at radius 3 is 2.12 bits per heavy atom. The summed E-state index contributed by atoms with van der Waals surface area (Å²) >= 11 is 0. The highest BCUT2D eigenvalue weighted by atomic mass is 15.3. The van der Waals surface area contributed by atoms with Gasteiger partial charge in [-0.05, 0) is 47.7 Å². The molecule has 0 spiro atoms. The largest absolute Gasteiger partial charge is 0.304 e. The molecule has 5 rings (SSSR count). The van der Waals surface area contributed by atoms with Crippen LogP contribution in [0.2, 0.25) is 0 Å². The van der Waals surface area contributed by atoms with Gasteiger partial charge in [-0.1, -0.05) is 91.0 Å². The minimum absolute atomic E-state index is 0.507. The molecule has 0 unspecified atom stereocenters. The number of fused-ring (bicyclic) bond motifs is 1. The molecule has 0 aromatic heterocycles. The van der Waals surface area contributed by atoms with Crippen LogP contribution >= 0.6 is 0 Å². The maximum Gasteiger partial charge on any atom is 0.0357 e. The van der Waals surface area contributed by atoms with Crippen molar-refractivity contribution in [2.45, 2.75) is 18.9 Å². The summed E-state index contributed by atoms with van der Waals surface area (Å²) in [7, 11) is 2.23. The average molecular weight is 452 g/mol. The lowest BCUT2D eigenvalue weighted by Crippen LogP contribution is -2.47. The third-order valence-electron chi connectivity index (χ3n) is 7.54. The van der Waals surface area contributed by atoms with Gasteiger partial charge in [0.25, 0.3) is 0 Å². The second-order valence-electron chi connectivity index (χ2n) is 9.74. The summed E-state index contributed by atoms with van der Waals surface area (Å²) in [5, 5.41) is 0. The lowest BCUT2D eigenvalue weighted by Gasteiger charge is -2.35. The molecule has 1 saturated heterocycles. The summed E-state index contributed by atoms with van der Waals surface area (Å²) in [6, 6.07) is 31.3. The molecular formula is C31H37N3. The number of hydrogen-bond acceptors (Lipinski definition) is 3. The van der Waals surface area contributed by atoms with Gasteiger partial charge in [-0.25, -0.2) is 0 Å². The molecule has 1 heterocycles. The van der Waals surface area contributed by atoms with E-state index < -0.39 is 0 Å². The third kappa shape index (κ3) is 5.50. The number of nitrogens with zero attached hydrogens (tertiary/aromatic N) is 3. The quantitative estimate of drug-likeness (QED) is 0.457. The molecule has 3 nitrogen and oxygen atoms in total. The van der Waals surface area contributed by atoms with Gasteiger partial charge >= 0.3 is 0 Å². The molecular weight excluding hydrogens is 414 g/mol. The van der Waals surface area contributed by atoms with Gasteiger partial charge in [0.2, 0.25) is 0 Å². The number of likely N-dealkylation sites (N-methyl/N-ethyl adjacent to an activating group) is 1. The van der Waals surface area contributed by atoms with Crippen LogP contribution in [-0.4, -0.2) is 67.6 Å². The number of benzene rings is 3. The molecule has 1 fully saturated rings. The molecule has 3 aromatic carbocycles. The molecule has 0 bridgehead atoms. The Morgan fingerprint density at radius 2 is 1.44 bits per heavy atom. The van der Waals surface area contributed by atoms with Gasteiger partial charge in [-0.15, -0.1) is 0 Å². The molecule has 3 aromatic rings. The number of hydrogen-bond donors (Lipinski definition) is 0. The van der Waals surface area contributed by atoms with E-state index in [1.54, 1.807) is 0 Å². The summed E-state index contributed by atoms with van der Waals surface area (Å²) in [5.74, 6) is 0. The van der Waals surface area contributed by atoms with E-state index in [0.29, 0.717) is 6.04 Å². The van der Waals surface area contributed by atoms with Crippen LogP contribution in [0.4, 0.5) is 0 Å². The molecule has 1 aliphatic heterocycles. The second kappa shape index (κ2) is 11.1. The molecule has 2 aliphatic rings. The van der Waals surface area contributed by atoms with Crippen LogP contribution in [0.3, 0.4) is 0 Å². The van der Waals surface area contributed by atoms with Crippen LogP contribution in [0.5, 0.6) is 0 Å². The predicted octanol–water partition coefficient (Wildman–Crippen LogP) is 5.36. The van der Waals surface area contributed by atoms with Gasteiger partial charge in [0.1, 0.15) is 0 Å². The van der Waals surface area contributed by atoms with E-state index in [1.807, 2.05) is 0 Å². The van der Waals surface area contributed by atoms with Crippen molar-refractivity contribution in [3.63, 3.8) is 0 Å². The van der Waals surface area contributed by atoms with E-state index in [1.165, 1.54) is 66.8 Å². The number of rotatable bonds is 8. The maximum atomic E-state index is 2.73. The highest BCUT2D eigenvalue weighted by molar-refractivity contribution is 5.79. The lowest BCUT2D eigenvalue weighted by molar-refractivity contribution is 0.125. The van der Waals surface area contributed by atoms with Gasteiger partial charge in [0, 0.05) is 51.9 Å². The Bertz CT molecular complexity index is 1030. The van der Waals surface area contributed by atoms with Gasteiger partial charge in [-0.2, -0.15) is 0 Å². The zero-order chi connectivity index (χ0) is 23.2. The number of aryl methyl sites for hydroxylation is 1. The van der Waals surface area contributed by atoms with Gasteiger partial charge in [0.05, 0.1) is 0 Å². The van der Waals surface area contributed by atoms with E-state index in [2.05, 4.69) is 113 Å². The van der Waals surface area contributed by atoms with Crippen LogP contribution in [-0.2, 0) is 6.42 Å². The molecule has 34 heavy (non-hydrogen) atoms. The van der Waals surface area contributed by atoms with Crippen molar-refractivity contribution in [3.8, 4) is 0 Å². The van der Waals surface area contributed by atoms with E-state index in [-0.39, 0.29) is 0 Å².